The number of carbonyl (C=O) groups excluding carboxylic acids is 2. The molecule has 0 amide bonds. The van der Waals surface area contributed by atoms with Gasteiger partial charge in [-0.25, -0.2) is 4.79 Å². The normalized spacial score (nSPS) is 45.4. The van der Waals surface area contributed by atoms with E-state index in [-0.39, 0.29) is 23.3 Å². The maximum Gasteiger partial charge on any atom is 0.333 e. The fourth-order valence-electron chi connectivity index (χ4n) is 8.26. The van der Waals surface area contributed by atoms with Crippen LogP contribution >= 0.6 is 0 Å². The molecule has 7 atom stereocenters. The molecule has 4 fully saturated rings. The Morgan fingerprint density at radius 1 is 1.10 bits per heavy atom. The van der Waals surface area contributed by atoms with Crippen molar-refractivity contribution >= 4 is 11.9 Å². The zero-order chi connectivity index (χ0) is 21.9. The summed E-state index contributed by atoms with van der Waals surface area (Å²) in [6, 6.07) is 0. The average Bonchev–Trinajstić information content (AvgIpc) is 2.96. The van der Waals surface area contributed by atoms with Gasteiger partial charge in [-0.05, 0) is 101 Å². The van der Waals surface area contributed by atoms with E-state index in [1.165, 1.54) is 38.4 Å². The number of fused-ring (bicyclic) bond motifs is 3. The standard InChI is InChI=1S/C26H38O4/c1-7-16(2)22(27)30-21-11-12-24(4)19(25(21,5)23(28)29-6)10-13-26-14-17(3)18(15-26)8-9-20(24)26/h7,18-21H,3,8-15H2,1-2,4-6H3/b16-7+/t18-,19+,20-,21+,24-,25+,26-/m1/s1. The van der Waals surface area contributed by atoms with E-state index in [4.69, 9.17) is 9.47 Å². The summed E-state index contributed by atoms with van der Waals surface area (Å²) in [6.45, 7) is 12.4. The number of carbonyl (C=O) groups is 2. The molecule has 1 spiro atoms. The highest BCUT2D eigenvalue weighted by molar-refractivity contribution is 5.88. The minimum absolute atomic E-state index is 0.0648. The van der Waals surface area contributed by atoms with Crippen LogP contribution in [0.3, 0.4) is 0 Å². The van der Waals surface area contributed by atoms with E-state index < -0.39 is 11.5 Å². The fraction of sp³-hybridized carbons (Fsp3) is 0.769. The minimum Gasteiger partial charge on any atom is -0.468 e. The first-order valence-electron chi connectivity index (χ1n) is 11.7. The molecule has 4 heteroatoms. The molecular weight excluding hydrogens is 376 g/mol. The Hall–Kier alpha value is -1.58. The van der Waals surface area contributed by atoms with Crippen molar-refractivity contribution in [3.63, 3.8) is 0 Å². The smallest absolute Gasteiger partial charge is 0.333 e. The van der Waals surface area contributed by atoms with Gasteiger partial charge in [0.05, 0.1) is 7.11 Å². The molecule has 4 nitrogen and oxygen atoms in total. The van der Waals surface area contributed by atoms with Crippen molar-refractivity contribution in [3.8, 4) is 0 Å². The number of hydrogen-bond acceptors (Lipinski definition) is 4. The average molecular weight is 415 g/mol. The Morgan fingerprint density at radius 3 is 2.50 bits per heavy atom. The third-order valence-corrected chi connectivity index (χ3v) is 9.84. The highest BCUT2D eigenvalue weighted by Gasteiger charge is 2.68. The second-order valence-electron chi connectivity index (χ2n) is 11.0. The van der Waals surface area contributed by atoms with Crippen LogP contribution < -0.4 is 0 Å². The van der Waals surface area contributed by atoms with E-state index in [1.807, 2.05) is 13.8 Å². The molecule has 4 rings (SSSR count). The van der Waals surface area contributed by atoms with Crippen molar-refractivity contribution in [2.24, 2.45) is 34.0 Å². The highest BCUT2D eigenvalue weighted by atomic mass is 16.6. The van der Waals surface area contributed by atoms with Crippen LogP contribution in [0, 0.1) is 34.0 Å². The molecule has 4 saturated carbocycles. The monoisotopic (exact) mass is 414 g/mol. The lowest BCUT2D eigenvalue weighted by Crippen LogP contribution is -2.63. The molecule has 4 aliphatic rings. The zero-order valence-corrected chi connectivity index (χ0v) is 19.4. The van der Waals surface area contributed by atoms with Gasteiger partial charge in [0.15, 0.2) is 0 Å². The van der Waals surface area contributed by atoms with Crippen LogP contribution in [0.25, 0.3) is 0 Å². The second-order valence-corrected chi connectivity index (χ2v) is 11.0. The van der Waals surface area contributed by atoms with E-state index in [9.17, 15) is 9.59 Å². The Balaban J connectivity index is 1.70. The second kappa shape index (κ2) is 7.24. The van der Waals surface area contributed by atoms with Crippen LogP contribution in [-0.2, 0) is 19.1 Å². The van der Waals surface area contributed by atoms with Gasteiger partial charge in [0, 0.05) is 5.57 Å². The van der Waals surface area contributed by atoms with Gasteiger partial charge in [-0.15, -0.1) is 0 Å². The SMILES string of the molecule is C=C1C[C@@]23CC[C@H]4[C@@](C)(CC[C@H](OC(=O)/C(C)=C/C)[C@@]4(C)C(=O)OC)[C@H]2CC[C@@H]1C3. The Morgan fingerprint density at radius 2 is 1.83 bits per heavy atom. The van der Waals surface area contributed by atoms with Gasteiger partial charge in [-0.2, -0.15) is 0 Å². The number of ether oxygens (including phenoxy) is 2. The van der Waals surface area contributed by atoms with Crippen molar-refractivity contribution < 1.29 is 19.1 Å². The van der Waals surface area contributed by atoms with Crippen LogP contribution in [0.1, 0.15) is 79.1 Å². The third-order valence-electron chi connectivity index (χ3n) is 9.84. The van der Waals surface area contributed by atoms with Crippen molar-refractivity contribution in [2.45, 2.75) is 85.2 Å². The highest BCUT2D eigenvalue weighted by Crippen LogP contribution is 2.72. The van der Waals surface area contributed by atoms with Crippen LogP contribution in [0.4, 0.5) is 0 Å². The predicted molar refractivity (Wildman–Crippen MR) is 117 cm³/mol. The molecule has 0 heterocycles. The number of allylic oxidation sites excluding steroid dienone is 2. The number of hydrogen-bond donors (Lipinski definition) is 0. The maximum atomic E-state index is 13.2. The van der Waals surface area contributed by atoms with Crippen molar-refractivity contribution in [3.05, 3.63) is 23.8 Å². The first kappa shape index (κ1) is 21.6. The van der Waals surface area contributed by atoms with Gasteiger partial charge in [-0.1, -0.05) is 25.2 Å². The van der Waals surface area contributed by atoms with Crippen LogP contribution in [0.15, 0.2) is 23.8 Å². The first-order valence-corrected chi connectivity index (χ1v) is 11.7. The quantitative estimate of drug-likeness (QED) is 0.342. The third kappa shape index (κ3) is 2.85. The van der Waals surface area contributed by atoms with Crippen molar-refractivity contribution in [2.75, 3.05) is 7.11 Å². The molecule has 0 saturated heterocycles. The van der Waals surface area contributed by atoms with E-state index >= 15 is 0 Å². The van der Waals surface area contributed by atoms with Crippen molar-refractivity contribution in [1.82, 2.24) is 0 Å². The first-order chi connectivity index (χ1) is 14.1. The molecule has 0 aromatic rings. The van der Waals surface area contributed by atoms with Gasteiger partial charge in [0.25, 0.3) is 0 Å². The summed E-state index contributed by atoms with van der Waals surface area (Å²) >= 11 is 0. The van der Waals surface area contributed by atoms with Gasteiger partial charge >= 0.3 is 11.9 Å². The molecule has 30 heavy (non-hydrogen) atoms. The molecular formula is C26H38O4. The van der Waals surface area contributed by atoms with Crippen molar-refractivity contribution in [1.29, 1.82) is 0 Å². The lowest BCUT2D eigenvalue weighted by molar-refractivity contribution is -0.213. The topological polar surface area (TPSA) is 52.6 Å². The lowest BCUT2D eigenvalue weighted by Gasteiger charge is -2.64. The largest absolute Gasteiger partial charge is 0.468 e. The summed E-state index contributed by atoms with van der Waals surface area (Å²) in [4.78, 5) is 25.8. The van der Waals surface area contributed by atoms with Gasteiger partial charge in [-0.3, -0.25) is 4.79 Å². The molecule has 2 bridgehead atoms. The number of esters is 2. The van der Waals surface area contributed by atoms with E-state index in [0.29, 0.717) is 22.8 Å². The summed E-state index contributed by atoms with van der Waals surface area (Å²) in [7, 11) is 1.46. The van der Waals surface area contributed by atoms with E-state index in [2.05, 4.69) is 13.5 Å². The van der Waals surface area contributed by atoms with E-state index in [1.54, 1.807) is 13.0 Å². The van der Waals surface area contributed by atoms with Crippen LogP contribution in [0.2, 0.25) is 0 Å². The predicted octanol–water partition coefficient (Wildman–Crippen LogP) is 5.62. The Bertz CT molecular complexity index is 797. The number of rotatable bonds is 3. The summed E-state index contributed by atoms with van der Waals surface area (Å²) < 4.78 is 11.3. The summed E-state index contributed by atoms with van der Waals surface area (Å²) in [6.07, 6.45) is 10.1. The van der Waals surface area contributed by atoms with E-state index in [0.717, 1.165) is 25.7 Å². The maximum absolute atomic E-state index is 13.2. The summed E-state index contributed by atoms with van der Waals surface area (Å²) in [5, 5.41) is 0. The summed E-state index contributed by atoms with van der Waals surface area (Å²) in [5.74, 6) is 0.929. The number of methoxy groups -OCH3 is 1. The van der Waals surface area contributed by atoms with Crippen LogP contribution in [-0.4, -0.2) is 25.2 Å². The van der Waals surface area contributed by atoms with Gasteiger partial charge < -0.3 is 9.47 Å². The molecule has 0 aromatic carbocycles. The minimum atomic E-state index is -0.806. The van der Waals surface area contributed by atoms with Gasteiger partial charge in [0.2, 0.25) is 0 Å². The summed E-state index contributed by atoms with van der Waals surface area (Å²) in [5.41, 5.74) is 1.67. The molecule has 0 radical (unpaired) electrons. The molecule has 0 N–H and O–H groups in total. The molecule has 0 unspecified atom stereocenters. The Labute approximate surface area is 181 Å². The van der Waals surface area contributed by atoms with Gasteiger partial charge in [0.1, 0.15) is 11.5 Å². The Kier molecular flexibility index (Phi) is 5.22. The fourth-order valence-corrected chi connectivity index (χ4v) is 8.26. The molecule has 0 aliphatic heterocycles. The zero-order valence-electron chi connectivity index (χ0n) is 19.4. The van der Waals surface area contributed by atoms with Crippen LogP contribution in [0.5, 0.6) is 0 Å². The molecule has 0 aromatic heterocycles. The lowest BCUT2D eigenvalue weighted by atomic mass is 9.40. The molecule has 166 valence electrons. The molecule has 4 aliphatic carbocycles.